The van der Waals surface area contributed by atoms with Crippen LogP contribution >= 0.6 is 11.3 Å². The van der Waals surface area contributed by atoms with E-state index in [1.54, 1.807) is 43.3 Å². The molecule has 1 aliphatic carbocycles. The fourth-order valence-electron chi connectivity index (χ4n) is 9.24. The molecule has 3 aliphatic heterocycles. The van der Waals surface area contributed by atoms with Gasteiger partial charge in [0.25, 0.3) is 5.56 Å². The third kappa shape index (κ3) is 9.25. The van der Waals surface area contributed by atoms with E-state index in [2.05, 4.69) is 31.6 Å². The Labute approximate surface area is 416 Å². The molecule has 24 heteroatoms. The van der Waals surface area contributed by atoms with Gasteiger partial charge in [0, 0.05) is 41.5 Å². The number of cyclic esters (lactones) is 1. The maximum atomic E-state index is 16.1. The molecule has 4 aliphatic rings. The van der Waals surface area contributed by atoms with Crippen LogP contribution in [0.15, 0.2) is 63.7 Å². The van der Waals surface area contributed by atoms with Crippen LogP contribution in [0.4, 0.5) is 14.5 Å². The molecule has 6 aromatic rings. The molecular weight excluding hydrogens is 995 g/mol. The topological polar surface area (TPSA) is 283 Å². The maximum absolute atomic E-state index is 16.1. The van der Waals surface area contributed by atoms with Crippen molar-refractivity contribution < 1.29 is 60.5 Å². The van der Waals surface area contributed by atoms with Gasteiger partial charge in [-0.3, -0.25) is 28.8 Å². The first-order valence-corrected chi connectivity index (χ1v) is 25.5. The van der Waals surface area contributed by atoms with Crippen molar-refractivity contribution in [2.75, 3.05) is 31.6 Å². The van der Waals surface area contributed by atoms with E-state index in [1.165, 1.54) is 10.6 Å². The minimum absolute atomic E-state index is 0.00911. The number of thiazole rings is 1. The number of pyridine rings is 2. The number of ether oxygens (including phenoxy) is 2. The summed E-state index contributed by atoms with van der Waals surface area (Å²) >= 11 is 0.888. The number of halogens is 2. The minimum atomic E-state index is -3.60. The first kappa shape index (κ1) is 48.9. The van der Waals surface area contributed by atoms with E-state index in [4.69, 9.17) is 14.5 Å². The van der Waals surface area contributed by atoms with Crippen LogP contribution in [0.2, 0.25) is 0 Å². The van der Waals surface area contributed by atoms with E-state index in [9.17, 15) is 51.5 Å². The van der Waals surface area contributed by atoms with Gasteiger partial charge in [0.05, 0.1) is 77.1 Å². The predicted octanol–water partition coefficient (Wildman–Crippen LogP) is 2.10. The molecular formula is C49H44F2N8O12S2. The number of benzene rings is 3. The minimum Gasteiger partial charge on any atom is -0.490 e. The Hall–Kier alpha value is -7.70. The Bertz CT molecular complexity index is 3550. The molecule has 6 N–H and O–H groups in total. The number of hydrogen-bond donors (Lipinski definition) is 6. The number of nitrogens with zero attached hydrogens (tertiary/aromatic N) is 3. The quantitative estimate of drug-likeness (QED) is 0.0757. The molecule has 1 fully saturated rings. The zero-order valence-corrected chi connectivity index (χ0v) is 40.3. The van der Waals surface area contributed by atoms with Crippen molar-refractivity contribution in [1.82, 2.24) is 35.8 Å². The Balaban J connectivity index is 0.766. The maximum Gasteiger partial charge on any atom is 0.343 e. The number of fused-ring (bicyclic) bond motifs is 6. The highest BCUT2D eigenvalue weighted by atomic mass is 32.2. The average molecular weight is 1040 g/mol. The highest BCUT2D eigenvalue weighted by Crippen LogP contribution is 2.46. The highest BCUT2D eigenvalue weighted by Gasteiger charge is 2.46. The van der Waals surface area contributed by atoms with Crippen molar-refractivity contribution in [1.29, 1.82) is 0 Å². The van der Waals surface area contributed by atoms with Gasteiger partial charge in [0.15, 0.2) is 17.2 Å². The number of esters is 1. The molecule has 2 atom stereocenters. The van der Waals surface area contributed by atoms with Gasteiger partial charge in [-0.1, -0.05) is 37.3 Å². The summed E-state index contributed by atoms with van der Waals surface area (Å²) in [6.07, 6.45) is 0.864. The van der Waals surface area contributed by atoms with Gasteiger partial charge in [0.1, 0.15) is 24.2 Å². The number of rotatable bonds is 16. The Morgan fingerprint density at radius 3 is 2.36 bits per heavy atom. The van der Waals surface area contributed by atoms with Crippen molar-refractivity contribution >= 4 is 83.5 Å². The number of amides is 5. The lowest BCUT2D eigenvalue weighted by Crippen LogP contribution is -2.52. The number of carbonyl (C=O) groups excluding carboxylic acids is 6. The van der Waals surface area contributed by atoms with Crippen LogP contribution in [0.1, 0.15) is 59.6 Å². The summed E-state index contributed by atoms with van der Waals surface area (Å²) in [5, 5.41) is 23.4. The normalized spacial score (nSPS) is 16.8. The van der Waals surface area contributed by atoms with E-state index in [-0.39, 0.29) is 76.1 Å². The third-order valence-corrected chi connectivity index (χ3v) is 16.9. The molecule has 0 radical (unpaired) electrons. The van der Waals surface area contributed by atoms with Crippen molar-refractivity contribution in [2.24, 2.45) is 0 Å². The van der Waals surface area contributed by atoms with E-state index < -0.39 is 105 Å². The SMILES string of the molecule is CC[C@@]1(O)C(=O)OCc2c1cc1n(c2=O)Cc2c-1nc1cc(F)c(NC(=O)CNC(=O)[C@H](Cc3ccccc3)NC(=O)CNC(=O)CNC(=O)Cc3cc4sc(S(=O)(=O)C5CC5)nc4cc3F)c3c1c2CCO3. The molecule has 0 bridgehead atoms. The van der Waals surface area contributed by atoms with Crippen LogP contribution in [-0.4, -0.2) is 101 Å². The summed E-state index contributed by atoms with van der Waals surface area (Å²) in [5.74, 6) is -6.53. The summed E-state index contributed by atoms with van der Waals surface area (Å²) in [6.45, 7) is -0.440. The fourth-order valence-corrected chi connectivity index (χ4v) is 12.4. The zero-order chi connectivity index (χ0) is 51.5. The number of aromatic nitrogens is 3. The molecule has 1 saturated carbocycles. The zero-order valence-electron chi connectivity index (χ0n) is 38.7. The second-order valence-electron chi connectivity index (χ2n) is 18.0. The first-order valence-electron chi connectivity index (χ1n) is 23.2. The Kier molecular flexibility index (Phi) is 12.8. The van der Waals surface area contributed by atoms with Gasteiger partial charge >= 0.3 is 5.97 Å². The lowest BCUT2D eigenvalue weighted by Gasteiger charge is -2.31. The van der Waals surface area contributed by atoms with Crippen LogP contribution in [0.25, 0.3) is 32.5 Å². The number of aliphatic hydroxyl groups is 1. The second kappa shape index (κ2) is 19.0. The lowest BCUT2D eigenvalue weighted by atomic mass is 9.86. The fraction of sp³-hybridized carbons (Fsp3) is 0.327. The molecule has 378 valence electrons. The van der Waals surface area contributed by atoms with Crippen molar-refractivity contribution in [3.8, 4) is 17.1 Å². The number of anilines is 1. The second-order valence-corrected chi connectivity index (χ2v) is 21.4. The molecule has 3 aromatic carbocycles. The van der Waals surface area contributed by atoms with Crippen molar-refractivity contribution in [3.05, 3.63) is 110 Å². The first-order chi connectivity index (χ1) is 34.9. The number of sulfone groups is 1. The van der Waals surface area contributed by atoms with Gasteiger partial charge < -0.3 is 45.7 Å². The molecule has 20 nitrogen and oxygen atoms in total. The third-order valence-electron chi connectivity index (χ3n) is 13.2. The van der Waals surface area contributed by atoms with E-state index >= 15 is 4.39 Å². The number of nitrogens with one attached hydrogen (secondary N) is 5. The van der Waals surface area contributed by atoms with E-state index in [1.807, 2.05) is 0 Å². The van der Waals surface area contributed by atoms with Gasteiger partial charge in [-0.05, 0) is 48.1 Å². The molecule has 0 saturated heterocycles. The van der Waals surface area contributed by atoms with Crippen molar-refractivity contribution in [3.63, 3.8) is 0 Å². The molecule has 6 heterocycles. The molecule has 0 unspecified atom stereocenters. The monoisotopic (exact) mass is 1040 g/mol. The average Bonchev–Trinajstić information content (AvgIpc) is 4.06. The summed E-state index contributed by atoms with van der Waals surface area (Å²) in [5.41, 5.74) is 0.416. The Morgan fingerprint density at radius 2 is 1.60 bits per heavy atom. The molecule has 10 rings (SSSR count). The lowest BCUT2D eigenvalue weighted by molar-refractivity contribution is -0.172. The van der Waals surface area contributed by atoms with Crippen LogP contribution in [-0.2, 0) is 81.4 Å². The largest absolute Gasteiger partial charge is 0.490 e. The van der Waals surface area contributed by atoms with Gasteiger partial charge in [-0.15, -0.1) is 11.3 Å². The Morgan fingerprint density at radius 1 is 0.877 bits per heavy atom. The summed E-state index contributed by atoms with van der Waals surface area (Å²) < 4.78 is 69.1. The van der Waals surface area contributed by atoms with Crippen LogP contribution in [0.5, 0.6) is 5.75 Å². The molecule has 3 aromatic heterocycles. The van der Waals surface area contributed by atoms with Crippen LogP contribution in [0.3, 0.4) is 0 Å². The van der Waals surface area contributed by atoms with E-state index in [0.717, 1.165) is 23.5 Å². The smallest absolute Gasteiger partial charge is 0.343 e. The van der Waals surface area contributed by atoms with Gasteiger partial charge in [-0.2, -0.15) is 0 Å². The number of hydrogen-bond acceptors (Lipinski definition) is 15. The predicted molar refractivity (Wildman–Crippen MR) is 257 cm³/mol. The van der Waals surface area contributed by atoms with Crippen molar-refractivity contribution in [2.45, 2.75) is 79.8 Å². The van der Waals surface area contributed by atoms with Gasteiger partial charge in [0.2, 0.25) is 43.7 Å². The van der Waals surface area contributed by atoms with Crippen LogP contribution < -0.4 is 36.9 Å². The summed E-state index contributed by atoms with van der Waals surface area (Å²) in [4.78, 5) is 101. The molecule has 5 amide bonds. The van der Waals surface area contributed by atoms with Crippen LogP contribution in [0, 0.1) is 11.6 Å². The molecule has 73 heavy (non-hydrogen) atoms. The molecule has 0 spiro atoms. The standard InChI is InChI=1S/C49H44F2N8O12S2/c1-2-49(67)29-15-35-42-27(21-59(35)46(65)28(29)22-71-47(49)66)26-10-11-70-44-41(26)33(56-42)17-31(51)43(44)58-40(63)20-54-45(64)34(12-23-6-4-3-5-7-23)55-39(62)19-53-38(61)18-52-37(60)14-24-13-36-32(16-30(24)50)57-48(72-36)73(68,69)25-8-9-25/h3-7,13,15-17,25,34,67H,2,8-12,14,18-22H2,1H3,(H,52,60)(H,53,61)(H,54,64)(H,55,62)(H,58,63)/t34-,49-/m0/s1. The van der Waals surface area contributed by atoms with E-state index in [0.29, 0.717) is 57.4 Å². The summed E-state index contributed by atoms with van der Waals surface area (Å²) in [6, 6.07) is 12.4. The summed E-state index contributed by atoms with van der Waals surface area (Å²) in [7, 11) is -3.60. The number of carbonyl (C=O) groups is 6. The highest BCUT2D eigenvalue weighted by molar-refractivity contribution is 7.94. The van der Waals surface area contributed by atoms with Gasteiger partial charge in [-0.25, -0.2) is 32.0 Å².